The van der Waals surface area contributed by atoms with Gasteiger partial charge in [0.2, 0.25) is 0 Å². The summed E-state index contributed by atoms with van der Waals surface area (Å²) in [5.74, 6) is 0.546. The molecule has 0 radical (unpaired) electrons. The van der Waals surface area contributed by atoms with Crippen molar-refractivity contribution in [1.29, 1.82) is 5.26 Å². The van der Waals surface area contributed by atoms with Crippen LogP contribution in [0.1, 0.15) is 29.9 Å². The minimum Gasteiger partial charge on any atom is -0.378 e. The number of nitrogens with one attached hydrogen (secondary N) is 1. The first kappa shape index (κ1) is 20.4. The van der Waals surface area contributed by atoms with Crippen molar-refractivity contribution in [2.75, 3.05) is 42.8 Å². The maximum absolute atomic E-state index is 9.63. The van der Waals surface area contributed by atoms with Crippen LogP contribution in [0.3, 0.4) is 0 Å². The van der Waals surface area contributed by atoms with Crippen LogP contribution in [-0.4, -0.2) is 52.1 Å². The zero-order valence-electron chi connectivity index (χ0n) is 17.6. The minimum atomic E-state index is -0.149. The summed E-state index contributed by atoms with van der Waals surface area (Å²) >= 11 is 1.46. The fourth-order valence-corrected chi connectivity index (χ4v) is 4.13. The number of fused-ring (bicyclic) bond motifs is 1. The van der Waals surface area contributed by atoms with E-state index >= 15 is 0 Å². The van der Waals surface area contributed by atoms with Crippen molar-refractivity contribution < 1.29 is 4.74 Å². The Morgan fingerprint density at radius 3 is 2.73 bits per heavy atom. The molecule has 0 bridgehead atoms. The first-order chi connectivity index (χ1) is 14.5. The van der Waals surface area contributed by atoms with Gasteiger partial charge in [-0.05, 0) is 32.2 Å². The van der Waals surface area contributed by atoms with Gasteiger partial charge in [-0.1, -0.05) is 11.8 Å². The van der Waals surface area contributed by atoms with E-state index in [1.165, 1.54) is 11.8 Å². The second-order valence-corrected chi connectivity index (χ2v) is 8.09. The summed E-state index contributed by atoms with van der Waals surface area (Å²) in [7, 11) is 2.03. The second kappa shape index (κ2) is 8.50. The zero-order chi connectivity index (χ0) is 21.3. The Labute approximate surface area is 180 Å². The molecule has 4 heterocycles. The first-order valence-corrected chi connectivity index (χ1v) is 11.1. The average Bonchev–Trinajstić information content (AvgIpc) is 3.13. The smallest absolute Gasteiger partial charge is 0.189 e. The van der Waals surface area contributed by atoms with Crippen molar-refractivity contribution >= 4 is 34.3 Å². The Kier molecular flexibility index (Phi) is 5.79. The number of nitriles is 1. The maximum Gasteiger partial charge on any atom is 0.189 e. The van der Waals surface area contributed by atoms with E-state index in [2.05, 4.69) is 43.8 Å². The molecule has 0 amide bonds. The number of thioether (sulfide) groups is 1. The molecule has 0 aliphatic carbocycles. The van der Waals surface area contributed by atoms with Gasteiger partial charge >= 0.3 is 0 Å². The van der Waals surface area contributed by atoms with E-state index in [4.69, 9.17) is 9.72 Å². The van der Waals surface area contributed by atoms with Gasteiger partial charge in [-0.3, -0.25) is 0 Å². The topological polar surface area (TPSA) is 91.9 Å². The van der Waals surface area contributed by atoms with Gasteiger partial charge in [-0.15, -0.1) is 0 Å². The molecule has 1 aliphatic rings. The molecule has 1 N–H and O–H groups in total. The Morgan fingerprint density at radius 1 is 1.27 bits per heavy atom. The Bertz CT molecular complexity index is 1110. The van der Waals surface area contributed by atoms with Crippen LogP contribution in [0.15, 0.2) is 23.5 Å². The molecule has 0 aromatic carbocycles. The number of hydrogen-bond donors (Lipinski definition) is 1. The van der Waals surface area contributed by atoms with Crippen LogP contribution in [0.25, 0.3) is 11.0 Å². The van der Waals surface area contributed by atoms with Crippen LogP contribution in [-0.2, 0) is 11.8 Å². The van der Waals surface area contributed by atoms with Crippen molar-refractivity contribution in [2.24, 2.45) is 7.05 Å². The summed E-state index contributed by atoms with van der Waals surface area (Å²) in [5, 5.41) is 13.7. The SMILES string of the molecule is CSc1nc(C)c(C#N)c(NC(C)c2nc3ccn(C)c3cc2N2CCOCC2)n1. The van der Waals surface area contributed by atoms with Crippen LogP contribution in [0.5, 0.6) is 0 Å². The molecule has 3 aromatic heterocycles. The molecule has 1 saturated heterocycles. The van der Waals surface area contributed by atoms with Crippen LogP contribution >= 0.6 is 11.8 Å². The van der Waals surface area contributed by atoms with Crippen molar-refractivity contribution in [1.82, 2.24) is 19.5 Å². The van der Waals surface area contributed by atoms with Crippen molar-refractivity contribution in [2.45, 2.75) is 25.0 Å². The van der Waals surface area contributed by atoms with Gasteiger partial charge in [0.05, 0.1) is 47.4 Å². The lowest BCUT2D eigenvalue weighted by molar-refractivity contribution is 0.122. The van der Waals surface area contributed by atoms with Gasteiger partial charge in [-0.25, -0.2) is 15.0 Å². The molecular weight excluding hydrogens is 398 g/mol. The fraction of sp³-hybridized carbons (Fsp3) is 0.429. The number of rotatable bonds is 5. The van der Waals surface area contributed by atoms with E-state index in [0.717, 1.165) is 35.5 Å². The number of ether oxygens (including phenoxy) is 1. The molecule has 1 unspecified atom stereocenters. The number of nitrogens with zero attached hydrogens (tertiary/aromatic N) is 6. The van der Waals surface area contributed by atoms with Crippen LogP contribution in [0.2, 0.25) is 0 Å². The standard InChI is InChI=1S/C21H25N7OS/c1-13-15(12-22)20(26-21(24-13)30-4)23-14(2)19-18(28-7-9-29-10-8-28)11-17-16(25-19)5-6-27(17)3/h5-6,11,14H,7-10H2,1-4H3,(H,23,24,26). The van der Waals surface area contributed by atoms with E-state index in [0.29, 0.717) is 35.4 Å². The third kappa shape index (κ3) is 3.80. The molecule has 156 valence electrons. The number of aryl methyl sites for hydroxylation is 2. The molecule has 30 heavy (non-hydrogen) atoms. The van der Waals surface area contributed by atoms with Crippen molar-refractivity contribution in [3.63, 3.8) is 0 Å². The molecule has 0 saturated carbocycles. The molecule has 1 aliphatic heterocycles. The fourth-order valence-electron chi connectivity index (χ4n) is 3.72. The zero-order valence-corrected chi connectivity index (χ0v) is 18.5. The lowest BCUT2D eigenvalue weighted by atomic mass is 10.1. The summed E-state index contributed by atoms with van der Waals surface area (Å²) in [6.07, 6.45) is 3.95. The minimum absolute atomic E-state index is 0.149. The highest BCUT2D eigenvalue weighted by Crippen LogP contribution is 2.32. The number of anilines is 2. The van der Waals surface area contributed by atoms with Gasteiger partial charge < -0.3 is 19.5 Å². The molecule has 0 spiro atoms. The van der Waals surface area contributed by atoms with Crippen LogP contribution < -0.4 is 10.2 Å². The monoisotopic (exact) mass is 423 g/mol. The van der Waals surface area contributed by atoms with Crippen LogP contribution in [0, 0.1) is 18.3 Å². The summed E-state index contributed by atoms with van der Waals surface area (Å²) in [6.45, 7) is 6.94. The number of pyridine rings is 1. The van der Waals surface area contributed by atoms with Crippen molar-refractivity contribution in [3.8, 4) is 6.07 Å². The normalized spacial score (nSPS) is 15.2. The van der Waals surface area contributed by atoms with Crippen LogP contribution in [0.4, 0.5) is 11.5 Å². The average molecular weight is 424 g/mol. The van der Waals surface area contributed by atoms with E-state index in [1.54, 1.807) is 0 Å². The predicted molar refractivity (Wildman–Crippen MR) is 119 cm³/mol. The van der Waals surface area contributed by atoms with Gasteiger partial charge in [0.1, 0.15) is 17.5 Å². The van der Waals surface area contributed by atoms with E-state index in [1.807, 2.05) is 32.5 Å². The number of morpholine rings is 1. The highest BCUT2D eigenvalue weighted by atomic mass is 32.2. The number of aromatic nitrogens is 4. The third-order valence-corrected chi connectivity index (χ3v) is 5.90. The molecule has 1 atom stereocenters. The van der Waals surface area contributed by atoms with Gasteiger partial charge in [0.25, 0.3) is 0 Å². The summed E-state index contributed by atoms with van der Waals surface area (Å²) in [6, 6.07) is 6.31. The highest BCUT2D eigenvalue weighted by Gasteiger charge is 2.23. The summed E-state index contributed by atoms with van der Waals surface area (Å²) < 4.78 is 7.63. The lowest BCUT2D eigenvalue weighted by Gasteiger charge is -2.31. The molecular formula is C21H25N7OS. The lowest BCUT2D eigenvalue weighted by Crippen LogP contribution is -2.37. The maximum atomic E-state index is 9.63. The largest absolute Gasteiger partial charge is 0.378 e. The van der Waals surface area contributed by atoms with Gasteiger partial charge in [0, 0.05) is 26.3 Å². The van der Waals surface area contributed by atoms with E-state index in [-0.39, 0.29) is 6.04 Å². The third-order valence-electron chi connectivity index (χ3n) is 5.35. The van der Waals surface area contributed by atoms with Gasteiger partial charge in [0.15, 0.2) is 5.16 Å². The number of hydrogen-bond acceptors (Lipinski definition) is 8. The molecule has 4 rings (SSSR count). The molecule has 8 nitrogen and oxygen atoms in total. The van der Waals surface area contributed by atoms with E-state index in [9.17, 15) is 5.26 Å². The molecule has 9 heteroatoms. The first-order valence-electron chi connectivity index (χ1n) is 9.89. The summed E-state index contributed by atoms with van der Waals surface area (Å²) in [5.41, 5.74) is 5.19. The Balaban J connectivity index is 1.77. The highest BCUT2D eigenvalue weighted by molar-refractivity contribution is 7.98. The Hall–Kier alpha value is -2.83. The van der Waals surface area contributed by atoms with Crippen molar-refractivity contribution in [3.05, 3.63) is 35.3 Å². The predicted octanol–water partition coefficient (Wildman–Crippen LogP) is 3.28. The second-order valence-electron chi connectivity index (χ2n) is 7.32. The molecule has 1 fully saturated rings. The van der Waals surface area contributed by atoms with Gasteiger partial charge in [-0.2, -0.15) is 5.26 Å². The summed E-state index contributed by atoms with van der Waals surface area (Å²) in [4.78, 5) is 16.2. The molecule has 3 aromatic rings. The Morgan fingerprint density at radius 2 is 2.03 bits per heavy atom. The van der Waals surface area contributed by atoms with E-state index < -0.39 is 0 Å². The quantitative estimate of drug-likeness (QED) is 0.494.